The molecule has 0 unspecified atom stereocenters. The van der Waals surface area contributed by atoms with Crippen molar-refractivity contribution in [2.24, 2.45) is 0 Å². The van der Waals surface area contributed by atoms with Gasteiger partial charge in [-0.15, -0.1) is 34.0 Å². The van der Waals surface area contributed by atoms with Gasteiger partial charge in [-0.3, -0.25) is 0 Å². The van der Waals surface area contributed by atoms with Gasteiger partial charge in [-0.1, -0.05) is 48.2 Å². The summed E-state index contributed by atoms with van der Waals surface area (Å²) in [7, 11) is 0. The third-order valence-electron chi connectivity index (χ3n) is 1.72. The zero-order chi connectivity index (χ0) is 8.93. The van der Waals surface area contributed by atoms with Crippen LogP contribution in [0.2, 0.25) is 0 Å². The van der Waals surface area contributed by atoms with Crippen LogP contribution < -0.4 is 0 Å². The first kappa shape index (κ1) is 14.8. The topological polar surface area (TPSA) is 0 Å². The van der Waals surface area contributed by atoms with E-state index < -0.39 is 0 Å². The second kappa shape index (κ2) is 7.97. The van der Waals surface area contributed by atoms with E-state index in [1.165, 1.54) is 9.79 Å². The van der Waals surface area contributed by atoms with Gasteiger partial charge in [-0.2, -0.15) is 0 Å². The van der Waals surface area contributed by atoms with E-state index in [2.05, 4.69) is 48.5 Å². The third kappa shape index (κ3) is 4.87. The van der Waals surface area contributed by atoms with E-state index in [4.69, 9.17) is 0 Å². The molecule has 0 fully saturated rings. The Hall–Kier alpha value is -0.250. The van der Waals surface area contributed by atoms with Crippen molar-refractivity contribution in [3.05, 3.63) is 60.7 Å². The zero-order valence-electron chi connectivity index (χ0n) is 8.00. The molecule has 80 valence electrons. The summed E-state index contributed by atoms with van der Waals surface area (Å²) < 4.78 is 0. The fourth-order valence-corrected chi connectivity index (χ4v) is 1.97. The van der Waals surface area contributed by atoms with Crippen LogP contribution in [0.25, 0.3) is 0 Å². The van der Waals surface area contributed by atoms with Gasteiger partial charge >= 0.3 is 0 Å². The average Bonchev–Trinajstić information content (AvgIpc) is 2.21. The van der Waals surface area contributed by atoms with E-state index in [1.807, 2.05) is 12.1 Å². The highest BCUT2D eigenvalue weighted by Crippen LogP contribution is 2.26. The molecule has 0 aromatic heterocycles. The first-order valence-electron chi connectivity index (χ1n) is 4.23. The van der Waals surface area contributed by atoms with Crippen LogP contribution in [0.1, 0.15) is 0 Å². The van der Waals surface area contributed by atoms with Gasteiger partial charge in [0.2, 0.25) is 0 Å². The SMILES string of the molecule is Br.Br.c1ccc(Sc2ccccc2)cc1. The molecule has 0 aliphatic carbocycles. The maximum atomic E-state index is 2.12. The minimum Gasteiger partial charge on any atom is -0.114 e. The Bertz CT molecular complexity index is 324. The van der Waals surface area contributed by atoms with Gasteiger partial charge in [0, 0.05) is 9.79 Å². The van der Waals surface area contributed by atoms with Gasteiger partial charge < -0.3 is 0 Å². The van der Waals surface area contributed by atoms with Gasteiger partial charge in [0.25, 0.3) is 0 Å². The monoisotopic (exact) mass is 346 g/mol. The molecule has 0 saturated heterocycles. The maximum absolute atomic E-state index is 2.12. The Balaban J connectivity index is 0.000000980. The molecule has 0 bridgehead atoms. The first-order chi connectivity index (χ1) is 6.45. The molecule has 2 aromatic carbocycles. The van der Waals surface area contributed by atoms with E-state index in [1.54, 1.807) is 11.8 Å². The highest BCUT2D eigenvalue weighted by atomic mass is 79.9. The predicted octanol–water partition coefficient (Wildman–Crippen LogP) is 4.99. The summed E-state index contributed by atoms with van der Waals surface area (Å²) in [6, 6.07) is 20.8. The largest absolute Gasteiger partial charge is 0.114 e. The van der Waals surface area contributed by atoms with Gasteiger partial charge in [0.15, 0.2) is 0 Å². The lowest BCUT2D eigenvalue weighted by atomic mass is 10.4. The van der Waals surface area contributed by atoms with Crippen molar-refractivity contribution in [1.29, 1.82) is 0 Å². The fraction of sp³-hybridized carbons (Fsp3) is 0. The standard InChI is InChI=1S/C12H10S.2BrH/c1-3-7-11(8-4-1)13-12-9-5-2-6-10-12;;/h1-10H;2*1H. The van der Waals surface area contributed by atoms with Crippen molar-refractivity contribution in [1.82, 2.24) is 0 Å². The van der Waals surface area contributed by atoms with E-state index in [0.717, 1.165) is 0 Å². The van der Waals surface area contributed by atoms with Crippen LogP contribution in [-0.2, 0) is 0 Å². The fourth-order valence-electron chi connectivity index (χ4n) is 1.11. The molecular formula is C12H12Br2S. The lowest BCUT2D eigenvalue weighted by molar-refractivity contribution is 1.41. The Kier molecular flexibility index (Phi) is 7.83. The van der Waals surface area contributed by atoms with Crippen LogP contribution in [0.5, 0.6) is 0 Å². The van der Waals surface area contributed by atoms with Crippen molar-refractivity contribution in [3.8, 4) is 0 Å². The second-order valence-corrected chi connectivity index (χ2v) is 3.88. The van der Waals surface area contributed by atoms with Crippen LogP contribution in [0, 0.1) is 0 Å². The van der Waals surface area contributed by atoms with Crippen molar-refractivity contribution < 1.29 is 0 Å². The highest BCUT2D eigenvalue weighted by Gasteiger charge is 1.93. The maximum Gasteiger partial charge on any atom is 0.0122 e. The van der Waals surface area contributed by atoms with Gasteiger partial charge in [-0.05, 0) is 24.3 Å². The number of hydrogen-bond acceptors (Lipinski definition) is 1. The highest BCUT2D eigenvalue weighted by molar-refractivity contribution is 8.93. The Morgan fingerprint density at radius 1 is 0.533 bits per heavy atom. The van der Waals surface area contributed by atoms with Crippen LogP contribution in [-0.4, -0.2) is 0 Å². The van der Waals surface area contributed by atoms with Gasteiger partial charge in [-0.25, -0.2) is 0 Å². The smallest absolute Gasteiger partial charge is 0.0122 e. The molecule has 0 spiro atoms. The lowest BCUT2D eigenvalue weighted by Gasteiger charge is -1.99. The van der Waals surface area contributed by atoms with Crippen LogP contribution in [0.3, 0.4) is 0 Å². The number of hydrogen-bond donors (Lipinski definition) is 0. The molecule has 0 heterocycles. The molecule has 15 heavy (non-hydrogen) atoms. The molecule has 0 saturated carbocycles. The van der Waals surface area contributed by atoms with Crippen molar-refractivity contribution >= 4 is 45.7 Å². The van der Waals surface area contributed by atoms with Crippen LogP contribution >= 0.6 is 45.7 Å². The van der Waals surface area contributed by atoms with E-state index in [9.17, 15) is 0 Å². The number of rotatable bonds is 2. The summed E-state index contributed by atoms with van der Waals surface area (Å²) in [4.78, 5) is 2.57. The molecule has 2 aromatic rings. The molecule has 0 aliphatic heterocycles. The summed E-state index contributed by atoms with van der Waals surface area (Å²) in [5.41, 5.74) is 0. The summed E-state index contributed by atoms with van der Waals surface area (Å²) in [6.07, 6.45) is 0. The summed E-state index contributed by atoms with van der Waals surface area (Å²) in [5, 5.41) is 0. The summed E-state index contributed by atoms with van der Waals surface area (Å²) >= 11 is 1.79. The first-order valence-corrected chi connectivity index (χ1v) is 5.05. The summed E-state index contributed by atoms with van der Waals surface area (Å²) in [6.45, 7) is 0. The van der Waals surface area contributed by atoms with E-state index in [0.29, 0.717) is 0 Å². The van der Waals surface area contributed by atoms with Crippen molar-refractivity contribution in [2.45, 2.75) is 9.79 Å². The molecule has 0 N–H and O–H groups in total. The number of halogens is 2. The Morgan fingerprint density at radius 3 is 1.20 bits per heavy atom. The Labute approximate surface area is 116 Å². The molecular weight excluding hydrogens is 336 g/mol. The predicted molar refractivity (Wildman–Crippen MR) is 77.7 cm³/mol. The molecule has 2 rings (SSSR count). The van der Waals surface area contributed by atoms with Crippen LogP contribution in [0.15, 0.2) is 70.5 Å². The molecule has 0 amide bonds. The quantitative estimate of drug-likeness (QED) is 0.737. The van der Waals surface area contributed by atoms with Crippen LogP contribution in [0.4, 0.5) is 0 Å². The third-order valence-corrected chi connectivity index (χ3v) is 2.74. The summed E-state index contributed by atoms with van der Waals surface area (Å²) in [5.74, 6) is 0. The zero-order valence-corrected chi connectivity index (χ0v) is 12.2. The molecule has 0 aliphatic rings. The average molecular weight is 348 g/mol. The van der Waals surface area contributed by atoms with E-state index in [-0.39, 0.29) is 34.0 Å². The van der Waals surface area contributed by atoms with Crippen molar-refractivity contribution in [2.75, 3.05) is 0 Å². The lowest BCUT2D eigenvalue weighted by Crippen LogP contribution is -1.70. The normalized spacial score (nSPS) is 8.53. The van der Waals surface area contributed by atoms with Gasteiger partial charge in [0.05, 0.1) is 0 Å². The molecule has 3 heteroatoms. The minimum atomic E-state index is 0. The molecule has 0 nitrogen and oxygen atoms in total. The van der Waals surface area contributed by atoms with Gasteiger partial charge in [0.1, 0.15) is 0 Å². The minimum absolute atomic E-state index is 0. The van der Waals surface area contributed by atoms with E-state index >= 15 is 0 Å². The molecule has 0 atom stereocenters. The second-order valence-electron chi connectivity index (χ2n) is 2.73. The molecule has 0 radical (unpaired) electrons. The van der Waals surface area contributed by atoms with Crippen molar-refractivity contribution in [3.63, 3.8) is 0 Å². The Morgan fingerprint density at radius 2 is 0.867 bits per heavy atom. The number of benzene rings is 2.